The lowest BCUT2D eigenvalue weighted by molar-refractivity contribution is -0.151. The Morgan fingerprint density at radius 3 is 2.41 bits per heavy atom. The van der Waals surface area contributed by atoms with Gasteiger partial charge in [0.1, 0.15) is 12.1 Å². The summed E-state index contributed by atoms with van der Waals surface area (Å²) < 4.78 is 0.694. The van der Waals surface area contributed by atoms with Crippen LogP contribution >= 0.6 is 15.9 Å². The topological polar surface area (TPSA) is 49.4 Å². The van der Waals surface area contributed by atoms with E-state index in [0.717, 1.165) is 0 Å². The van der Waals surface area contributed by atoms with Crippen LogP contribution in [-0.2, 0) is 9.59 Å². The van der Waals surface area contributed by atoms with Crippen LogP contribution in [0.1, 0.15) is 27.7 Å². The van der Waals surface area contributed by atoms with E-state index in [0.29, 0.717) is 11.0 Å². The van der Waals surface area contributed by atoms with Crippen LogP contribution in [0.5, 0.6) is 0 Å². The van der Waals surface area contributed by atoms with E-state index in [1.807, 2.05) is 20.8 Å². The number of hydrogen-bond donors (Lipinski definition) is 1. The fourth-order valence-electron chi connectivity index (χ4n) is 1.81. The lowest BCUT2D eigenvalue weighted by atomic mass is 9.84. The molecule has 1 heterocycles. The van der Waals surface area contributed by atoms with Crippen molar-refractivity contribution in [2.75, 3.05) is 6.54 Å². The standard InChI is InChI=1S/C12H19BrN2O2/c1-7(13)6-15-8(2)10(16)14-9(11(15)17)12(3,4)5/h8-9H,1,6H2,2-5H3,(H,14,16). The van der Waals surface area contributed by atoms with Gasteiger partial charge in [-0.05, 0) is 12.3 Å². The van der Waals surface area contributed by atoms with Gasteiger partial charge in [-0.25, -0.2) is 0 Å². The molecule has 1 N–H and O–H groups in total. The molecule has 0 aliphatic carbocycles. The highest BCUT2D eigenvalue weighted by Gasteiger charge is 2.43. The van der Waals surface area contributed by atoms with Crippen LogP contribution in [0.2, 0.25) is 0 Å². The molecule has 0 aromatic heterocycles. The van der Waals surface area contributed by atoms with E-state index in [9.17, 15) is 9.59 Å². The molecule has 96 valence electrons. The van der Waals surface area contributed by atoms with Gasteiger partial charge in [0.2, 0.25) is 11.8 Å². The molecule has 0 saturated carbocycles. The van der Waals surface area contributed by atoms with Crippen molar-refractivity contribution in [3.63, 3.8) is 0 Å². The molecule has 1 saturated heterocycles. The molecular weight excluding hydrogens is 284 g/mol. The molecule has 2 amide bonds. The Hall–Kier alpha value is -0.840. The van der Waals surface area contributed by atoms with Gasteiger partial charge in [0.25, 0.3) is 0 Å². The minimum atomic E-state index is -0.474. The molecule has 1 aliphatic rings. The molecule has 0 radical (unpaired) electrons. The van der Waals surface area contributed by atoms with Crippen molar-refractivity contribution in [3.8, 4) is 0 Å². The third-order valence-electron chi connectivity index (χ3n) is 2.87. The first kappa shape index (κ1) is 14.2. The van der Waals surface area contributed by atoms with E-state index in [-0.39, 0.29) is 17.2 Å². The highest BCUT2D eigenvalue weighted by atomic mass is 79.9. The predicted octanol–water partition coefficient (Wildman–Crippen LogP) is 1.66. The molecule has 17 heavy (non-hydrogen) atoms. The van der Waals surface area contributed by atoms with Crippen molar-refractivity contribution in [1.82, 2.24) is 10.2 Å². The number of hydrogen-bond acceptors (Lipinski definition) is 2. The maximum absolute atomic E-state index is 12.3. The number of halogens is 1. The second-order valence-electron chi connectivity index (χ2n) is 5.47. The van der Waals surface area contributed by atoms with Crippen LogP contribution in [0, 0.1) is 5.41 Å². The van der Waals surface area contributed by atoms with Gasteiger partial charge in [0, 0.05) is 4.48 Å². The van der Waals surface area contributed by atoms with Gasteiger partial charge >= 0.3 is 0 Å². The van der Waals surface area contributed by atoms with Gasteiger partial charge in [-0.3, -0.25) is 9.59 Å². The molecule has 4 nitrogen and oxygen atoms in total. The van der Waals surface area contributed by atoms with Gasteiger partial charge in [-0.15, -0.1) is 0 Å². The van der Waals surface area contributed by atoms with E-state index in [1.165, 1.54) is 0 Å². The predicted molar refractivity (Wildman–Crippen MR) is 70.6 cm³/mol. The van der Waals surface area contributed by atoms with Crippen LogP contribution in [0.25, 0.3) is 0 Å². The average Bonchev–Trinajstić information content (AvgIpc) is 2.16. The Labute approximate surface area is 111 Å². The Kier molecular flexibility index (Phi) is 4.02. The normalized spacial score (nSPS) is 25.8. The third kappa shape index (κ3) is 3.09. The Bertz CT molecular complexity index is 360. The maximum atomic E-state index is 12.3. The number of carbonyl (C=O) groups excluding carboxylic acids is 2. The zero-order valence-corrected chi connectivity index (χ0v) is 12.3. The number of nitrogens with zero attached hydrogens (tertiary/aromatic N) is 1. The number of carbonyl (C=O) groups is 2. The average molecular weight is 303 g/mol. The SMILES string of the molecule is C=C(Br)CN1C(=O)C(C(C)(C)C)NC(=O)C1C. The molecule has 0 spiro atoms. The van der Waals surface area contributed by atoms with Crippen LogP contribution in [0.3, 0.4) is 0 Å². The fraction of sp³-hybridized carbons (Fsp3) is 0.667. The second-order valence-corrected chi connectivity index (χ2v) is 6.59. The summed E-state index contributed by atoms with van der Waals surface area (Å²) in [6, 6.07) is -0.923. The highest BCUT2D eigenvalue weighted by Crippen LogP contribution is 2.25. The van der Waals surface area contributed by atoms with Crippen molar-refractivity contribution in [1.29, 1.82) is 0 Å². The molecule has 1 aliphatic heterocycles. The van der Waals surface area contributed by atoms with E-state index in [2.05, 4.69) is 27.8 Å². The van der Waals surface area contributed by atoms with E-state index >= 15 is 0 Å². The van der Waals surface area contributed by atoms with Crippen molar-refractivity contribution in [2.45, 2.75) is 39.8 Å². The van der Waals surface area contributed by atoms with Gasteiger partial charge < -0.3 is 10.2 Å². The van der Waals surface area contributed by atoms with Crippen molar-refractivity contribution < 1.29 is 9.59 Å². The van der Waals surface area contributed by atoms with Crippen molar-refractivity contribution in [2.24, 2.45) is 5.41 Å². The van der Waals surface area contributed by atoms with Gasteiger partial charge in [-0.2, -0.15) is 0 Å². The first-order valence-electron chi connectivity index (χ1n) is 5.58. The lowest BCUT2D eigenvalue weighted by Crippen LogP contribution is -2.65. The number of rotatable bonds is 2. The molecule has 2 atom stereocenters. The number of piperazine rings is 1. The Morgan fingerprint density at radius 1 is 1.47 bits per heavy atom. The maximum Gasteiger partial charge on any atom is 0.246 e. The Morgan fingerprint density at radius 2 is 2.00 bits per heavy atom. The zero-order chi connectivity index (χ0) is 13.4. The van der Waals surface area contributed by atoms with Crippen LogP contribution in [0.4, 0.5) is 0 Å². The van der Waals surface area contributed by atoms with E-state index in [4.69, 9.17) is 0 Å². The molecule has 5 heteroatoms. The molecule has 0 aromatic carbocycles. The highest BCUT2D eigenvalue weighted by molar-refractivity contribution is 9.11. The smallest absolute Gasteiger partial charge is 0.246 e. The minimum absolute atomic E-state index is 0.0507. The summed E-state index contributed by atoms with van der Waals surface area (Å²) in [5.74, 6) is -0.163. The van der Waals surface area contributed by atoms with Crippen molar-refractivity contribution >= 4 is 27.7 Å². The molecular formula is C12H19BrN2O2. The molecule has 1 rings (SSSR count). The molecule has 0 aromatic rings. The zero-order valence-electron chi connectivity index (χ0n) is 10.7. The van der Waals surface area contributed by atoms with Crippen molar-refractivity contribution in [3.05, 3.63) is 11.1 Å². The quantitative estimate of drug-likeness (QED) is 0.843. The van der Waals surface area contributed by atoms with Crippen LogP contribution in [-0.4, -0.2) is 35.3 Å². The lowest BCUT2D eigenvalue weighted by Gasteiger charge is -2.42. The molecule has 2 unspecified atom stereocenters. The fourth-order valence-corrected chi connectivity index (χ4v) is 2.08. The summed E-state index contributed by atoms with van der Waals surface area (Å²) in [5, 5.41) is 2.78. The number of amides is 2. The van der Waals surface area contributed by atoms with Gasteiger partial charge in [-0.1, -0.05) is 43.3 Å². The first-order valence-corrected chi connectivity index (χ1v) is 6.38. The summed E-state index contributed by atoms with van der Waals surface area (Å²) in [4.78, 5) is 25.7. The third-order valence-corrected chi connectivity index (χ3v) is 3.12. The summed E-state index contributed by atoms with van der Waals surface area (Å²) in [6.45, 7) is 11.6. The molecule has 0 bridgehead atoms. The Balaban J connectivity index is 2.99. The summed E-state index contributed by atoms with van der Waals surface area (Å²) in [5.41, 5.74) is -0.293. The summed E-state index contributed by atoms with van der Waals surface area (Å²) in [7, 11) is 0. The summed E-state index contributed by atoms with van der Waals surface area (Å²) in [6.07, 6.45) is 0. The van der Waals surface area contributed by atoms with Crippen LogP contribution in [0.15, 0.2) is 11.1 Å². The van der Waals surface area contributed by atoms with E-state index < -0.39 is 12.1 Å². The van der Waals surface area contributed by atoms with Crippen LogP contribution < -0.4 is 5.32 Å². The largest absolute Gasteiger partial charge is 0.342 e. The minimum Gasteiger partial charge on any atom is -0.342 e. The van der Waals surface area contributed by atoms with Gasteiger partial charge in [0.05, 0.1) is 6.54 Å². The second kappa shape index (κ2) is 4.80. The monoisotopic (exact) mass is 302 g/mol. The van der Waals surface area contributed by atoms with E-state index in [1.54, 1.807) is 11.8 Å². The summed E-state index contributed by atoms with van der Waals surface area (Å²) >= 11 is 3.24. The first-order chi connectivity index (χ1) is 7.64. The number of nitrogens with one attached hydrogen (secondary N) is 1. The molecule has 1 fully saturated rings. The van der Waals surface area contributed by atoms with Gasteiger partial charge in [0.15, 0.2) is 0 Å².